The van der Waals surface area contributed by atoms with Gasteiger partial charge in [0.25, 0.3) is 0 Å². The molecule has 0 heterocycles. The molecule has 1 atom stereocenters. The van der Waals surface area contributed by atoms with Gasteiger partial charge in [0, 0.05) is 12.0 Å². The molecule has 0 bridgehead atoms. The molecule has 1 unspecified atom stereocenters. The Hall–Kier alpha value is -0.970. The molecular formula is C14H22FN. The Labute approximate surface area is 98.5 Å². The third-order valence-electron chi connectivity index (χ3n) is 2.61. The summed E-state index contributed by atoms with van der Waals surface area (Å²) in [6.45, 7) is 9.81. The summed E-state index contributed by atoms with van der Waals surface area (Å²) in [4.78, 5) is 0. The number of rotatable bonds is 2. The highest BCUT2D eigenvalue weighted by Crippen LogP contribution is 2.28. The summed E-state index contributed by atoms with van der Waals surface area (Å²) in [6.07, 6.45) is 4.29. The average Bonchev–Trinajstić information content (AvgIpc) is 2.08. The Morgan fingerprint density at radius 3 is 2.62 bits per heavy atom. The quantitative estimate of drug-likeness (QED) is 0.706. The van der Waals surface area contributed by atoms with Crippen LogP contribution in [-0.4, -0.2) is 11.2 Å². The summed E-state index contributed by atoms with van der Waals surface area (Å²) in [5.41, 5.74) is -1.30. The lowest BCUT2D eigenvalue weighted by Crippen LogP contribution is -2.42. The summed E-state index contributed by atoms with van der Waals surface area (Å²) >= 11 is 0. The first-order chi connectivity index (χ1) is 7.33. The minimum absolute atomic E-state index is 0.166. The summed E-state index contributed by atoms with van der Waals surface area (Å²) in [7, 11) is 0. The number of alkyl halides is 1. The number of hydrogen-bond donors (Lipinski definition) is 1. The van der Waals surface area contributed by atoms with Crippen LogP contribution in [0.5, 0.6) is 0 Å². The van der Waals surface area contributed by atoms with Crippen molar-refractivity contribution in [1.82, 2.24) is 5.32 Å². The SMILES string of the molecule is C=C(NC(C)(C)C)C1(F)C#CCCCCC1. The van der Waals surface area contributed by atoms with E-state index in [1.807, 2.05) is 20.8 Å². The minimum atomic E-state index is -1.55. The highest BCUT2D eigenvalue weighted by Gasteiger charge is 2.32. The van der Waals surface area contributed by atoms with Crippen LogP contribution in [0.4, 0.5) is 4.39 Å². The van der Waals surface area contributed by atoms with Gasteiger partial charge in [0.15, 0.2) is 0 Å². The molecule has 2 heteroatoms. The molecule has 0 aliphatic heterocycles. The molecule has 0 aromatic carbocycles. The van der Waals surface area contributed by atoms with Crippen LogP contribution in [0, 0.1) is 11.8 Å². The molecule has 1 N–H and O–H groups in total. The lowest BCUT2D eigenvalue weighted by molar-refractivity contribution is 0.239. The standard InChI is InChI=1S/C14H22FN/c1-12(16-13(2,3)4)14(15)10-8-6-5-7-9-11-14/h16H,1,5-8,10H2,2-4H3. The van der Waals surface area contributed by atoms with Crippen LogP contribution in [0.15, 0.2) is 12.3 Å². The molecule has 0 aromatic rings. The fourth-order valence-corrected chi connectivity index (χ4v) is 1.80. The minimum Gasteiger partial charge on any atom is -0.381 e. The van der Waals surface area contributed by atoms with Gasteiger partial charge in [0.2, 0.25) is 5.67 Å². The molecule has 0 saturated heterocycles. The molecule has 1 aliphatic rings. The topological polar surface area (TPSA) is 12.0 Å². The van der Waals surface area contributed by atoms with Gasteiger partial charge in [0.1, 0.15) is 0 Å². The summed E-state index contributed by atoms with van der Waals surface area (Å²) in [6, 6.07) is 0. The predicted octanol–water partition coefficient (Wildman–Crippen LogP) is 3.56. The van der Waals surface area contributed by atoms with Crippen molar-refractivity contribution in [1.29, 1.82) is 0 Å². The maximum atomic E-state index is 14.6. The number of allylic oxidation sites excluding steroid dienone is 1. The van der Waals surface area contributed by atoms with Gasteiger partial charge in [-0.25, -0.2) is 4.39 Å². The van der Waals surface area contributed by atoms with Crippen LogP contribution >= 0.6 is 0 Å². The van der Waals surface area contributed by atoms with Crippen LogP contribution in [-0.2, 0) is 0 Å². The monoisotopic (exact) mass is 223 g/mol. The Bertz CT molecular complexity index is 316. The van der Waals surface area contributed by atoms with Crippen LogP contribution in [0.25, 0.3) is 0 Å². The second-order valence-electron chi connectivity index (χ2n) is 5.52. The highest BCUT2D eigenvalue weighted by molar-refractivity contribution is 5.29. The van der Waals surface area contributed by atoms with Gasteiger partial charge in [-0.1, -0.05) is 24.8 Å². The first-order valence-electron chi connectivity index (χ1n) is 6.00. The van der Waals surface area contributed by atoms with Crippen molar-refractivity contribution < 1.29 is 4.39 Å². The number of hydrogen-bond acceptors (Lipinski definition) is 1. The lowest BCUT2D eigenvalue weighted by Gasteiger charge is -2.30. The molecule has 1 nitrogen and oxygen atoms in total. The molecule has 0 radical (unpaired) electrons. The largest absolute Gasteiger partial charge is 0.381 e. The van der Waals surface area contributed by atoms with Crippen molar-refractivity contribution in [3.8, 4) is 11.8 Å². The maximum absolute atomic E-state index is 14.6. The van der Waals surface area contributed by atoms with Crippen molar-refractivity contribution in [2.24, 2.45) is 0 Å². The molecular weight excluding hydrogens is 201 g/mol. The van der Waals surface area contributed by atoms with E-state index < -0.39 is 5.67 Å². The van der Waals surface area contributed by atoms with Gasteiger partial charge >= 0.3 is 0 Å². The zero-order valence-electron chi connectivity index (χ0n) is 10.6. The van der Waals surface area contributed by atoms with Crippen LogP contribution in [0.1, 0.15) is 52.9 Å². The number of halogens is 1. The zero-order valence-corrected chi connectivity index (χ0v) is 10.6. The second kappa shape index (κ2) is 4.91. The maximum Gasteiger partial charge on any atom is 0.209 e. The predicted molar refractivity (Wildman–Crippen MR) is 66.7 cm³/mol. The van der Waals surface area contributed by atoms with Crippen molar-refractivity contribution >= 4 is 0 Å². The van der Waals surface area contributed by atoms with E-state index in [0.29, 0.717) is 12.1 Å². The Kier molecular flexibility index (Phi) is 4.02. The van der Waals surface area contributed by atoms with Crippen LogP contribution in [0.3, 0.4) is 0 Å². The molecule has 0 aromatic heterocycles. The second-order valence-corrected chi connectivity index (χ2v) is 5.52. The fourth-order valence-electron chi connectivity index (χ4n) is 1.80. The Morgan fingerprint density at radius 1 is 1.31 bits per heavy atom. The molecule has 1 rings (SSSR count). The summed E-state index contributed by atoms with van der Waals surface area (Å²) in [5, 5.41) is 3.11. The highest BCUT2D eigenvalue weighted by atomic mass is 19.1. The first kappa shape index (κ1) is 13.1. The van der Waals surface area contributed by atoms with Crippen LogP contribution in [0.2, 0.25) is 0 Å². The van der Waals surface area contributed by atoms with E-state index in [4.69, 9.17) is 0 Å². The lowest BCUT2D eigenvalue weighted by atomic mass is 9.91. The van der Waals surface area contributed by atoms with Gasteiger partial charge in [0.05, 0.1) is 5.70 Å². The normalized spacial score (nSPS) is 26.0. The summed E-state index contributed by atoms with van der Waals surface area (Å²) < 4.78 is 14.6. The molecule has 0 saturated carbocycles. The third kappa shape index (κ3) is 3.89. The fraction of sp³-hybridized carbons (Fsp3) is 0.714. The molecule has 0 fully saturated rings. The Balaban J connectivity index is 2.77. The van der Waals surface area contributed by atoms with Gasteiger partial charge in [-0.2, -0.15) is 0 Å². The zero-order chi connectivity index (χ0) is 12.2. The van der Waals surface area contributed by atoms with Crippen molar-refractivity contribution in [2.75, 3.05) is 0 Å². The Morgan fingerprint density at radius 2 is 2.00 bits per heavy atom. The van der Waals surface area contributed by atoms with Gasteiger partial charge in [-0.05, 0) is 40.0 Å². The molecule has 1 aliphatic carbocycles. The van der Waals surface area contributed by atoms with E-state index in [2.05, 4.69) is 23.7 Å². The average molecular weight is 223 g/mol. The van der Waals surface area contributed by atoms with E-state index in [-0.39, 0.29) is 5.54 Å². The molecule has 90 valence electrons. The first-order valence-corrected chi connectivity index (χ1v) is 6.00. The summed E-state index contributed by atoms with van der Waals surface area (Å²) in [5.74, 6) is 5.66. The number of nitrogens with one attached hydrogen (secondary N) is 1. The van der Waals surface area contributed by atoms with Crippen LogP contribution < -0.4 is 5.32 Å². The van der Waals surface area contributed by atoms with E-state index in [0.717, 1.165) is 25.7 Å². The van der Waals surface area contributed by atoms with Crippen molar-refractivity contribution in [2.45, 2.75) is 64.1 Å². The smallest absolute Gasteiger partial charge is 0.209 e. The van der Waals surface area contributed by atoms with Gasteiger partial charge in [-0.15, -0.1) is 0 Å². The van der Waals surface area contributed by atoms with E-state index in [1.165, 1.54) is 0 Å². The third-order valence-corrected chi connectivity index (χ3v) is 2.61. The molecule has 16 heavy (non-hydrogen) atoms. The van der Waals surface area contributed by atoms with Crippen molar-refractivity contribution in [3.63, 3.8) is 0 Å². The van der Waals surface area contributed by atoms with E-state index >= 15 is 0 Å². The van der Waals surface area contributed by atoms with E-state index in [1.54, 1.807) is 0 Å². The van der Waals surface area contributed by atoms with Crippen molar-refractivity contribution in [3.05, 3.63) is 12.3 Å². The molecule has 0 amide bonds. The van der Waals surface area contributed by atoms with E-state index in [9.17, 15) is 4.39 Å². The van der Waals surface area contributed by atoms with Gasteiger partial charge < -0.3 is 5.32 Å². The molecule has 0 spiro atoms. The van der Waals surface area contributed by atoms with Gasteiger partial charge in [-0.3, -0.25) is 0 Å².